The van der Waals surface area contributed by atoms with Crippen molar-refractivity contribution in [3.8, 4) is 11.5 Å². The van der Waals surface area contributed by atoms with E-state index >= 15 is 0 Å². The molecular formula is C17H13F3N2O7. The summed E-state index contributed by atoms with van der Waals surface area (Å²) in [6.45, 7) is -0.775. The number of benzene rings is 2. The van der Waals surface area contributed by atoms with Crippen molar-refractivity contribution in [1.82, 2.24) is 0 Å². The van der Waals surface area contributed by atoms with Gasteiger partial charge in [-0.15, -0.1) is 13.2 Å². The maximum absolute atomic E-state index is 12.1. The van der Waals surface area contributed by atoms with Crippen LogP contribution in [0.5, 0.6) is 11.5 Å². The lowest BCUT2D eigenvalue weighted by atomic mass is 10.2. The molecule has 0 fully saturated rings. The zero-order chi connectivity index (χ0) is 21.6. The van der Waals surface area contributed by atoms with E-state index < -0.39 is 41.2 Å². The van der Waals surface area contributed by atoms with Crippen LogP contribution in [0.2, 0.25) is 0 Å². The molecule has 0 aromatic heterocycles. The molecule has 29 heavy (non-hydrogen) atoms. The van der Waals surface area contributed by atoms with E-state index in [1.54, 1.807) is 0 Å². The molecule has 0 spiro atoms. The molecular weight excluding hydrogens is 401 g/mol. The number of nitro benzene ring substituents is 1. The van der Waals surface area contributed by atoms with Gasteiger partial charge in [0.15, 0.2) is 6.61 Å². The van der Waals surface area contributed by atoms with Gasteiger partial charge in [-0.05, 0) is 36.4 Å². The zero-order valence-corrected chi connectivity index (χ0v) is 14.7. The summed E-state index contributed by atoms with van der Waals surface area (Å²) in [5.74, 6) is -2.16. The Morgan fingerprint density at radius 2 is 1.72 bits per heavy atom. The fraction of sp³-hybridized carbons (Fsp3) is 0.176. The van der Waals surface area contributed by atoms with Crippen molar-refractivity contribution in [3.05, 3.63) is 58.1 Å². The molecule has 154 valence electrons. The van der Waals surface area contributed by atoms with Crippen molar-refractivity contribution >= 4 is 23.3 Å². The van der Waals surface area contributed by atoms with Crippen LogP contribution in [-0.4, -0.2) is 36.9 Å². The molecule has 0 aliphatic carbocycles. The summed E-state index contributed by atoms with van der Waals surface area (Å²) in [5, 5.41) is 13.3. The standard InChI is InChI=1S/C17H13F3N2O7/c1-27-12-6-7-13(14(8-12)22(25)26)21-15(23)9-28-16(24)10-2-4-11(5-3-10)29-17(18,19)20/h2-8H,9H2,1H3,(H,21,23). The highest BCUT2D eigenvalue weighted by Crippen LogP contribution is 2.29. The number of rotatable bonds is 7. The lowest BCUT2D eigenvalue weighted by Crippen LogP contribution is -2.21. The van der Waals surface area contributed by atoms with Crippen molar-refractivity contribution in [2.24, 2.45) is 0 Å². The van der Waals surface area contributed by atoms with Crippen LogP contribution in [0.15, 0.2) is 42.5 Å². The number of alkyl halides is 3. The lowest BCUT2D eigenvalue weighted by Gasteiger charge is -2.10. The van der Waals surface area contributed by atoms with Gasteiger partial charge in [0.2, 0.25) is 0 Å². The molecule has 0 bridgehead atoms. The van der Waals surface area contributed by atoms with Crippen molar-refractivity contribution in [2.75, 3.05) is 19.0 Å². The quantitative estimate of drug-likeness (QED) is 0.420. The molecule has 12 heteroatoms. The first kappa shape index (κ1) is 21.5. The summed E-state index contributed by atoms with van der Waals surface area (Å²) in [6.07, 6.45) is -4.87. The fourth-order valence-corrected chi connectivity index (χ4v) is 2.09. The highest BCUT2D eigenvalue weighted by Gasteiger charge is 2.31. The van der Waals surface area contributed by atoms with E-state index in [9.17, 15) is 32.9 Å². The summed E-state index contributed by atoms with van der Waals surface area (Å²) in [6, 6.07) is 7.60. The number of amides is 1. The van der Waals surface area contributed by atoms with Gasteiger partial charge in [0, 0.05) is 0 Å². The van der Waals surface area contributed by atoms with Gasteiger partial charge in [0.1, 0.15) is 17.2 Å². The van der Waals surface area contributed by atoms with Crippen LogP contribution in [0.4, 0.5) is 24.5 Å². The van der Waals surface area contributed by atoms with Gasteiger partial charge < -0.3 is 19.5 Å². The molecule has 0 unspecified atom stereocenters. The number of nitrogens with zero attached hydrogens (tertiary/aromatic N) is 1. The molecule has 0 saturated heterocycles. The third-order valence-electron chi connectivity index (χ3n) is 3.33. The summed E-state index contributed by atoms with van der Waals surface area (Å²) in [5.41, 5.74) is -0.683. The van der Waals surface area contributed by atoms with Gasteiger partial charge in [0.05, 0.1) is 23.7 Å². The Morgan fingerprint density at radius 3 is 2.28 bits per heavy atom. The number of nitro groups is 1. The molecule has 0 aliphatic heterocycles. The number of carbonyl (C=O) groups excluding carboxylic acids is 2. The Kier molecular flexibility index (Phi) is 6.59. The first-order valence-corrected chi connectivity index (χ1v) is 7.74. The summed E-state index contributed by atoms with van der Waals surface area (Å²) in [4.78, 5) is 34.1. The highest BCUT2D eigenvalue weighted by atomic mass is 19.4. The molecule has 1 amide bonds. The smallest absolute Gasteiger partial charge is 0.496 e. The minimum atomic E-state index is -4.87. The average molecular weight is 414 g/mol. The molecule has 0 heterocycles. The number of methoxy groups -OCH3 is 1. The van der Waals surface area contributed by atoms with Crippen LogP contribution in [0.1, 0.15) is 10.4 Å². The SMILES string of the molecule is COc1ccc(NC(=O)COC(=O)c2ccc(OC(F)(F)F)cc2)c([N+](=O)[O-])c1. The third-order valence-corrected chi connectivity index (χ3v) is 3.33. The Hall–Kier alpha value is -3.83. The molecule has 0 radical (unpaired) electrons. The third kappa shape index (κ3) is 6.37. The summed E-state index contributed by atoms with van der Waals surface area (Å²) in [7, 11) is 1.32. The number of hydrogen-bond donors (Lipinski definition) is 1. The number of ether oxygens (including phenoxy) is 3. The second kappa shape index (κ2) is 8.91. The predicted molar refractivity (Wildman–Crippen MR) is 91.7 cm³/mol. The van der Waals surface area contributed by atoms with Gasteiger partial charge in [-0.3, -0.25) is 14.9 Å². The second-order valence-corrected chi connectivity index (χ2v) is 5.34. The van der Waals surface area contributed by atoms with Gasteiger partial charge in [-0.2, -0.15) is 0 Å². The summed E-state index contributed by atoms with van der Waals surface area (Å²) >= 11 is 0. The zero-order valence-electron chi connectivity index (χ0n) is 14.7. The second-order valence-electron chi connectivity index (χ2n) is 5.34. The molecule has 2 rings (SSSR count). The largest absolute Gasteiger partial charge is 0.573 e. The Bertz CT molecular complexity index is 914. The number of hydrogen-bond acceptors (Lipinski definition) is 7. The van der Waals surface area contributed by atoms with E-state index in [4.69, 9.17) is 9.47 Å². The molecule has 0 aliphatic rings. The Balaban J connectivity index is 1.95. The minimum absolute atomic E-state index is 0.122. The van der Waals surface area contributed by atoms with Crippen LogP contribution in [-0.2, 0) is 9.53 Å². The van der Waals surface area contributed by atoms with Crippen LogP contribution < -0.4 is 14.8 Å². The topological polar surface area (TPSA) is 117 Å². The van der Waals surface area contributed by atoms with E-state index in [1.165, 1.54) is 19.2 Å². The number of anilines is 1. The minimum Gasteiger partial charge on any atom is -0.496 e. The van der Waals surface area contributed by atoms with Gasteiger partial charge in [-0.25, -0.2) is 4.79 Å². The lowest BCUT2D eigenvalue weighted by molar-refractivity contribution is -0.384. The molecule has 2 aromatic rings. The maximum atomic E-state index is 12.1. The highest BCUT2D eigenvalue weighted by molar-refractivity contribution is 5.96. The number of nitrogens with one attached hydrogen (secondary N) is 1. The van der Waals surface area contributed by atoms with Crippen LogP contribution in [0.3, 0.4) is 0 Å². The summed E-state index contributed by atoms with van der Waals surface area (Å²) < 4.78 is 49.6. The van der Waals surface area contributed by atoms with Gasteiger partial charge >= 0.3 is 12.3 Å². The van der Waals surface area contributed by atoms with E-state index in [0.717, 1.165) is 30.3 Å². The van der Waals surface area contributed by atoms with Crippen LogP contribution >= 0.6 is 0 Å². The normalized spacial score (nSPS) is 10.8. The van der Waals surface area contributed by atoms with Gasteiger partial charge in [-0.1, -0.05) is 0 Å². The first-order chi connectivity index (χ1) is 13.6. The Labute approximate surface area is 161 Å². The predicted octanol–water partition coefficient (Wildman–Crippen LogP) is 3.30. The Morgan fingerprint density at radius 1 is 1.10 bits per heavy atom. The molecule has 0 saturated carbocycles. The molecule has 2 aromatic carbocycles. The van der Waals surface area contributed by atoms with Crippen molar-refractivity contribution in [1.29, 1.82) is 0 Å². The van der Waals surface area contributed by atoms with E-state index in [-0.39, 0.29) is 17.0 Å². The monoisotopic (exact) mass is 414 g/mol. The van der Waals surface area contributed by atoms with Crippen molar-refractivity contribution < 1.29 is 41.9 Å². The number of halogens is 3. The van der Waals surface area contributed by atoms with Crippen LogP contribution in [0.25, 0.3) is 0 Å². The van der Waals surface area contributed by atoms with E-state index in [0.29, 0.717) is 0 Å². The fourth-order valence-electron chi connectivity index (χ4n) is 2.09. The number of carbonyl (C=O) groups is 2. The molecule has 9 nitrogen and oxygen atoms in total. The average Bonchev–Trinajstić information content (AvgIpc) is 2.65. The van der Waals surface area contributed by atoms with Crippen molar-refractivity contribution in [3.63, 3.8) is 0 Å². The van der Waals surface area contributed by atoms with Crippen LogP contribution in [0, 0.1) is 10.1 Å². The van der Waals surface area contributed by atoms with E-state index in [1.807, 2.05) is 0 Å². The molecule has 0 atom stereocenters. The van der Waals surface area contributed by atoms with E-state index in [2.05, 4.69) is 10.1 Å². The maximum Gasteiger partial charge on any atom is 0.573 e. The first-order valence-electron chi connectivity index (χ1n) is 7.74. The number of esters is 1. The van der Waals surface area contributed by atoms with Gasteiger partial charge in [0.25, 0.3) is 11.6 Å². The van der Waals surface area contributed by atoms with Crippen molar-refractivity contribution in [2.45, 2.75) is 6.36 Å². The molecule has 1 N–H and O–H groups in total.